The zero-order valence-corrected chi connectivity index (χ0v) is 7.86. The second-order valence-electron chi connectivity index (χ2n) is 2.29. The van der Waals surface area contributed by atoms with Crippen LogP contribution in [0.15, 0.2) is 29.3 Å². The van der Waals surface area contributed by atoms with Crippen LogP contribution in [0.5, 0.6) is 0 Å². The van der Waals surface area contributed by atoms with Gasteiger partial charge in [-0.25, -0.2) is 9.38 Å². The van der Waals surface area contributed by atoms with Gasteiger partial charge in [0.25, 0.3) is 0 Å². The SMILES string of the molecule is CSC(C)=Nc1ccccc1F. The van der Waals surface area contributed by atoms with Crippen LogP contribution in [0.4, 0.5) is 10.1 Å². The minimum atomic E-state index is -0.272. The topological polar surface area (TPSA) is 12.4 Å². The third-order valence-corrected chi connectivity index (χ3v) is 2.11. The van der Waals surface area contributed by atoms with Crippen LogP contribution in [0.25, 0.3) is 0 Å². The van der Waals surface area contributed by atoms with E-state index in [4.69, 9.17) is 0 Å². The van der Waals surface area contributed by atoms with Gasteiger partial charge in [-0.3, -0.25) is 0 Å². The highest BCUT2D eigenvalue weighted by Gasteiger charge is 1.97. The highest BCUT2D eigenvalue weighted by Crippen LogP contribution is 2.18. The standard InChI is InChI=1S/C9H10FNS/c1-7(12-2)11-9-6-4-3-5-8(9)10/h3-6H,1-2H3. The predicted octanol–water partition coefficient (Wildman–Crippen LogP) is 3.24. The zero-order valence-electron chi connectivity index (χ0n) is 7.04. The number of thioether (sulfide) groups is 1. The van der Waals surface area contributed by atoms with E-state index < -0.39 is 0 Å². The number of rotatable bonds is 1. The molecule has 0 aliphatic rings. The Bertz CT molecular complexity index is 296. The molecule has 1 aromatic carbocycles. The number of benzene rings is 1. The molecule has 0 heterocycles. The zero-order chi connectivity index (χ0) is 8.97. The summed E-state index contributed by atoms with van der Waals surface area (Å²) in [5.74, 6) is -0.272. The Balaban J connectivity index is 2.96. The molecule has 0 unspecified atom stereocenters. The van der Waals surface area contributed by atoms with Gasteiger partial charge in [-0.2, -0.15) is 0 Å². The summed E-state index contributed by atoms with van der Waals surface area (Å²) in [5, 5.41) is 0.861. The summed E-state index contributed by atoms with van der Waals surface area (Å²) in [6.07, 6.45) is 1.92. The van der Waals surface area contributed by atoms with E-state index >= 15 is 0 Å². The molecule has 0 fully saturated rings. The number of nitrogens with zero attached hydrogens (tertiary/aromatic N) is 1. The first-order valence-corrected chi connectivity index (χ1v) is 4.80. The molecule has 0 bridgehead atoms. The molecule has 1 aromatic rings. The Kier molecular flexibility index (Phi) is 3.29. The van der Waals surface area contributed by atoms with Gasteiger partial charge in [-0.1, -0.05) is 12.1 Å². The molecule has 0 amide bonds. The molecule has 0 saturated heterocycles. The van der Waals surface area contributed by atoms with E-state index in [1.54, 1.807) is 18.2 Å². The molecule has 1 rings (SSSR count). The van der Waals surface area contributed by atoms with Gasteiger partial charge in [0.1, 0.15) is 5.82 Å². The fourth-order valence-corrected chi connectivity index (χ4v) is 0.947. The van der Waals surface area contributed by atoms with Crippen molar-refractivity contribution in [3.05, 3.63) is 30.1 Å². The molecule has 0 aromatic heterocycles. The Labute approximate surface area is 75.7 Å². The Morgan fingerprint density at radius 1 is 1.42 bits per heavy atom. The van der Waals surface area contributed by atoms with Gasteiger partial charge in [0.15, 0.2) is 0 Å². The van der Waals surface area contributed by atoms with Crippen molar-refractivity contribution in [1.82, 2.24) is 0 Å². The third kappa shape index (κ3) is 2.34. The third-order valence-electron chi connectivity index (χ3n) is 1.43. The normalized spacial score (nSPS) is 11.8. The lowest BCUT2D eigenvalue weighted by atomic mass is 10.3. The summed E-state index contributed by atoms with van der Waals surface area (Å²) >= 11 is 1.51. The molecule has 64 valence electrons. The van der Waals surface area contributed by atoms with Crippen LogP contribution < -0.4 is 0 Å². The van der Waals surface area contributed by atoms with Crippen molar-refractivity contribution >= 4 is 22.5 Å². The van der Waals surface area contributed by atoms with Crippen LogP contribution in [0.1, 0.15) is 6.92 Å². The molecular formula is C9H10FNS. The number of para-hydroxylation sites is 1. The van der Waals surface area contributed by atoms with E-state index in [2.05, 4.69) is 4.99 Å². The highest BCUT2D eigenvalue weighted by atomic mass is 32.2. The first kappa shape index (κ1) is 9.26. The smallest absolute Gasteiger partial charge is 0.148 e. The van der Waals surface area contributed by atoms with Crippen molar-refractivity contribution in [2.45, 2.75) is 6.92 Å². The van der Waals surface area contributed by atoms with E-state index in [0.717, 1.165) is 5.04 Å². The molecule has 0 N–H and O–H groups in total. The fourth-order valence-electron chi connectivity index (χ4n) is 0.758. The molecule has 0 aliphatic heterocycles. The first-order valence-electron chi connectivity index (χ1n) is 3.58. The largest absolute Gasteiger partial charge is 0.244 e. The van der Waals surface area contributed by atoms with E-state index in [1.165, 1.54) is 17.8 Å². The molecule has 12 heavy (non-hydrogen) atoms. The Morgan fingerprint density at radius 3 is 2.67 bits per heavy atom. The molecule has 1 nitrogen and oxygen atoms in total. The van der Waals surface area contributed by atoms with E-state index in [1.807, 2.05) is 13.2 Å². The average Bonchev–Trinajstić information content (AvgIpc) is 2.09. The molecule has 3 heteroatoms. The Morgan fingerprint density at radius 2 is 2.08 bits per heavy atom. The van der Waals surface area contributed by atoms with E-state index in [9.17, 15) is 4.39 Å². The second-order valence-corrected chi connectivity index (χ2v) is 3.29. The van der Waals surface area contributed by atoms with Crippen molar-refractivity contribution in [3.63, 3.8) is 0 Å². The maximum atomic E-state index is 13.0. The van der Waals surface area contributed by atoms with Crippen molar-refractivity contribution in [3.8, 4) is 0 Å². The number of hydrogen-bond donors (Lipinski definition) is 0. The number of hydrogen-bond acceptors (Lipinski definition) is 2. The summed E-state index contributed by atoms with van der Waals surface area (Å²) in [6.45, 7) is 1.86. The van der Waals surface area contributed by atoms with Crippen LogP contribution >= 0.6 is 11.8 Å². The Hall–Kier alpha value is -0.830. The summed E-state index contributed by atoms with van der Waals surface area (Å²) in [7, 11) is 0. The predicted molar refractivity (Wildman–Crippen MR) is 52.7 cm³/mol. The lowest BCUT2D eigenvalue weighted by Gasteiger charge is -1.96. The molecule has 0 spiro atoms. The second kappa shape index (κ2) is 4.26. The minimum absolute atomic E-state index is 0.272. The van der Waals surface area contributed by atoms with Crippen molar-refractivity contribution in [2.75, 3.05) is 6.26 Å². The van der Waals surface area contributed by atoms with Gasteiger partial charge in [-0.15, -0.1) is 11.8 Å². The van der Waals surface area contributed by atoms with Gasteiger partial charge in [0, 0.05) is 0 Å². The first-order chi connectivity index (χ1) is 5.74. The summed E-state index contributed by atoms with van der Waals surface area (Å²) in [6, 6.07) is 6.50. The number of halogens is 1. The van der Waals surface area contributed by atoms with Gasteiger partial charge in [0.05, 0.1) is 10.7 Å². The van der Waals surface area contributed by atoms with Crippen LogP contribution in [0.2, 0.25) is 0 Å². The number of aliphatic imine (C=N–C) groups is 1. The molecule has 0 atom stereocenters. The molecule has 0 saturated carbocycles. The van der Waals surface area contributed by atoms with E-state index in [-0.39, 0.29) is 5.82 Å². The maximum Gasteiger partial charge on any atom is 0.148 e. The van der Waals surface area contributed by atoms with Crippen molar-refractivity contribution in [1.29, 1.82) is 0 Å². The monoisotopic (exact) mass is 183 g/mol. The van der Waals surface area contributed by atoms with Gasteiger partial charge in [-0.05, 0) is 25.3 Å². The molecule has 0 aliphatic carbocycles. The van der Waals surface area contributed by atoms with Gasteiger partial charge < -0.3 is 0 Å². The fraction of sp³-hybridized carbons (Fsp3) is 0.222. The van der Waals surface area contributed by atoms with Crippen LogP contribution in [0.3, 0.4) is 0 Å². The summed E-state index contributed by atoms with van der Waals surface area (Å²) < 4.78 is 13.0. The van der Waals surface area contributed by atoms with Crippen LogP contribution in [-0.2, 0) is 0 Å². The van der Waals surface area contributed by atoms with E-state index in [0.29, 0.717) is 5.69 Å². The van der Waals surface area contributed by atoms with Crippen molar-refractivity contribution in [2.24, 2.45) is 4.99 Å². The minimum Gasteiger partial charge on any atom is -0.244 e. The van der Waals surface area contributed by atoms with Crippen molar-refractivity contribution < 1.29 is 4.39 Å². The van der Waals surface area contributed by atoms with Crippen LogP contribution in [0, 0.1) is 5.82 Å². The maximum absolute atomic E-state index is 13.0. The van der Waals surface area contributed by atoms with Crippen LogP contribution in [-0.4, -0.2) is 11.3 Å². The lowest BCUT2D eigenvalue weighted by Crippen LogP contribution is -1.81. The lowest BCUT2D eigenvalue weighted by molar-refractivity contribution is 0.630. The average molecular weight is 183 g/mol. The van der Waals surface area contributed by atoms with Gasteiger partial charge in [0.2, 0.25) is 0 Å². The summed E-state index contributed by atoms with van der Waals surface area (Å²) in [4.78, 5) is 4.08. The highest BCUT2D eigenvalue weighted by molar-refractivity contribution is 8.13. The quantitative estimate of drug-likeness (QED) is 0.481. The summed E-state index contributed by atoms with van der Waals surface area (Å²) in [5.41, 5.74) is 0.407. The molecular weight excluding hydrogens is 173 g/mol. The van der Waals surface area contributed by atoms with Gasteiger partial charge >= 0.3 is 0 Å². The molecule has 0 radical (unpaired) electrons.